The van der Waals surface area contributed by atoms with Crippen molar-refractivity contribution in [3.63, 3.8) is 0 Å². The van der Waals surface area contributed by atoms with Gasteiger partial charge in [-0.2, -0.15) is 0 Å². The first-order valence-corrected chi connectivity index (χ1v) is 4.69. The van der Waals surface area contributed by atoms with Crippen LogP contribution in [-0.2, 0) is 6.54 Å². The van der Waals surface area contributed by atoms with Crippen molar-refractivity contribution in [1.29, 1.82) is 0 Å². The summed E-state index contributed by atoms with van der Waals surface area (Å²) in [7, 11) is 2.09. The van der Waals surface area contributed by atoms with E-state index in [1.165, 1.54) is 16.8 Å². The molecule has 0 aliphatic rings. The van der Waals surface area contributed by atoms with Crippen LogP contribution >= 0.6 is 0 Å². The SMILES string of the molecule is CCN(C)c1ccc(CN)c(C)c1. The van der Waals surface area contributed by atoms with E-state index in [1.54, 1.807) is 0 Å². The van der Waals surface area contributed by atoms with Crippen LogP contribution in [0.15, 0.2) is 18.2 Å². The molecule has 1 aromatic rings. The first kappa shape index (κ1) is 10.1. The van der Waals surface area contributed by atoms with Crippen molar-refractivity contribution in [2.75, 3.05) is 18.5 Å². The summed E-state index contributed by atoms with van der Waals surface area (Å²) < 4.78 is 0. The summed E-state index contributed by atoms with van der Waals surface area (Å²) in [5.74, 6) is 0. The number of aryl methyl sites for hydroxylation is 1. The van der Waals surface area contributed by atoms with Crippen molar-refractivity contribution >= 4 is 5.69 Å². The van der Waals surface area contributed by atoms with E-state index >= 15 is 0 Å². The highest BCUT2D eigenvalue weighted by atomic mass is 15.1. The molecule has 0 amide bonds. The minimum atomic E-state index is 0.627. The molecule has 1 aromatic carbocycles. The lowest BCUT2D eigenvalue weighted by Crippen LogP contribution is -2.16. The van der Waals surface area contributed by atoms with Gasteiger partial charge in [0.1, 0.15) is 0 Å². The van der Waals surface area contributed by atoms with Gasteiger partial charge in [-0.3, -0.25) is 0 Å². The lowest BCUT2D eigenvalue weighted by atomic mass is 10.1. The van der Waals surface area contributed by atoms with Crippen LogP contribution in [0, 0.1) is 6.92 Å². The molecule has 0 fully saturated rings. The number of benzene rings is 1. The van der Waals surface area contributed by atoms with Crippen LogP contribution in [0.25, 0.3) is 0 Å². The van der Waals surface area contributed by atoms with E-state index in [1.807, 2.05) is 0 Å². The van der Waals surface area contributed by atoms with Gasteiger partial charge in [0.05, 0.1) is 0 Å². The van der Waals surface area contributed by atoms with Gasteiger partial charge >= 0.3 is 0 Å². The van der Waals surface area contributed by atoms with Gasteiger partial charge in [-0.05, 0) is 37.1 Å². The van der Waals surface area contributed by atoms with Crippen LogP contribution in [-0.4, -0.2) is 13.6 Å². The number of hydrogen-bond acceptors (Lipinski definition) is 2. The number of rotatable bonds is 3. The first-order chi connectivity index (χ1) is 6.19. The minimum Gasteiger partial charge on any atom is -0.375 e. The standard InChI is InChI=1S/C11H18N2/c1-4-13(3)11-6-5-10(8-12)9(2)7-11/h5-7H,4,8,12H2,1-3H3. The smallest absolute Gasteiger partial charge is 0.0366 e. The van der Waals surface area contributed by atoms with Gasteiger partial charge in [-0.25, -0.2) is 0 Å². The van der Waals surface area contributed by atoms with Crippen molar-refractivity contribution in [2.24, 2.45) is 5.73 Å². The first-order valence-electron chi connectivity index (χ1n) is 4.69. The van der Waals surface area contributed by atoms with Gasteiger partial charge in [-0.15, -0.1) is 0 Å². The summed E-state index contributed by atoms with van der Waals surface area (Å²) in [6, 6.07) is 6.42. The molecule has 0 atom stereocenters. The highest BCUT2D eigenvalue weighted by Crippen LogP contribution is 2.17. The van der Waals surface area contributed by atoms with Gasteiger partial charge in [0.15, 0.2) is 0 Å². The molecule has 0 unspecified atom stereocenters. The summed E-state index contributed by atoms with van der Waals surface area (Å²) in [5.41, 5.74) is 9.36. The molecule has 0 saturated heterocycles. The van der Waals surface area contributed by atoms with E-state index in [-0.39, 0.29) is 0 Å². The maximum atomic E-state index is 5.60. The Balaban J connectivity index is 2.95. The summed E-state index contributed by atoms with van der Waals surface area (Å²) >= 11 is 0. The number of hydrogen-bond donors (Lipinski definition) is 1. The Kier molecular flexibility index (Phi) is 3.32. The topological polar surface area (TPSA) is 29.3 Å². The summed E-state index contributed by atoms with van der Waals surface area (Å²) in [4.78, 5) is 2.22. The van der Waals surface area contributed by atoms with Crippen LogP contribution in [0.1, 0.15) is 18.1 Å². The predicted molar refractivity (Wildman–Crippen MR) is 58.0 cm³/mol. The van der Waals surface area contributed by atoms with Crippen molar-refractivity contribution in [1.82, 2.24) is 0 Å². The zero-order valence-electron chi connectivity index (χ0n) is 8.67. The van der Waals surface area contributed by atoms with Crippen LogP contribution in [0.2, 0.25) is 0 Å². The second-order valence-electron chi connectivity index (χ2n) is 3.33. The summed E-state index contributed by atoms with van der Waals surface area (Å²) in [5, 5.41) is 0. The van der Waals surface area contributed by atoms with Gasteiger partial charge in [0.2, 0.25) is 0 Å². The molecule has 0 aliphatic carbocycles. The molecule has 1 rings (SSSR count). The maximum absolute atomic E-state index is 5.60. The maximum Gasteiger partial charge on any atom is 0.0366 e. The minimum absolute atomic E-state index is 0.627. The van der Waals surface area contributed by atoms with Gasteiger partial charge < -0.3 is 10.6 Å². The van der Waals surface area contributed by atoms with Gasteiger partial charge in [0.25, 0.3) is 0 Å². The Bertz CT molecular complexity index is 281. The predicted octanol–water partition coefficient (Wildman–Crippen LogP) is 1.91. The molecule has 0 spiro atoms. The number of nitrogens with zero attached hydrogens (tertiary/aromatic N) is 1. The van der Waals surface area contributed by atoms with Crippen LogP contribution in [0.3, 0.4) is 0 Å². The number of nitrogens with two attached hydrogens (primary N) is 1. The van der Waals surface area contributed by atoms with E-state index in [4.69, 9.17) is 5.73 Å². The van der Waals surface area contributed by atoms with E-state index in [9.17, 15) is 0 Å². The van der Waals surface area contributed by atoms with Gasteiger partial charge in [0, 0.05) is 25.8 Å². The largest absolute Gasteiger partial charge is 0.375 e. The molecule has 0 aromatic heterocycles. The molecule has 0 bridgehead atoms. The monoisotopic (exact) mass is 178 g/mol. The molecule has 2 N–H and O–H groups in total. The Hall–Kier alpha value is -1.02. The van der Waals surface area contributed by atoms with Crippen LogP contribution in [0.4, 0.5) is 5.69 Å². The van der Waals surface area contributed by atoms with Crippen molar-refractivity contribution in [3.8, 4) is 0 Å². The molecule has 2 nitrogen and oxygen atoms in total. The molecular formula is C11H18N2. The van der Waals surface area contributed by atoms with E-state index in [0.717, 1.165) is 6.54 Å². The van der Waals surface area contributed by atoms with E-state index < -0.39 is 0 Å². The molecular weight excluding hydrogens is 160 g/mol. The normalized spacial score (nSPS) is 10.2. The molecule has 0 heterocycles. The second kappa shape index (κ2) is 4.28. The Morgan fingerprint density at radius 1 is 1.38 bits per heavy atom. The fourth-order valence-electron chi connectivity index (χ4n) is 1.33. The lowest BCUT2D eigenvalue weighted by Gasteiger charge is -2.18. The molecule has 0 aliphatic heterocycles. The third-order valence-electron chi connectivity index (χ3n) is 2.46. The van der Waals surface area contributed by atoms with Crippen molar-refractivity contribution in [3.05, 3.63) is 29.3 Å². The van der Waals surface area contributed by atoms with Gasteiger partial charge in [-0.1, -0.05) is 6.07 Å². The molecule has 0 saturated carbocycles. The molecule has 13 heavy (non-hydrogen) atoms. The highest BCUT2D eigenvalue weighted by molar-refractivity contribution is 5.50. The molecule has 0 radical (unpaired) electrons. The zero-order chi connectivity index (χ0) is 9.84. The fraction of sp³-hybridized carbons (Fsp3) is 0.455. The average molecular weight is 178 g/mol. The number of anilines is 1. The Labute approximate surface area is 80.4 Å². The van der Waals surface area contributed by atoms with Crippen molar-refractivity contribution in [2.45, 2.75) is 20.4 Å². The third-order valence-corrected chi connectivity index (χ3v) is 2.46. The zero-order valence-corrected chi connectivity index (χ0v) is 8.67. The second-order valence-corrected chi connectivity index (χ2v) is 3.33. The Morgan fingerprint density at radius 3 is 2.54 bits per heavy atom. The molecule has 72 valence electrons. The highest BCUT2D eigenvalue weighted by Gasteiger charge is 2.00. The average Bonchev–Trinajstić information content (AvgIpc) is 2.16. The molecule has 2 heteroatoms. The van der Waals surface area contributed by atoms with E-state index in [2.05, 4.69) is 44.0 Å². The fourth-order valence-corrected chi connectivity index (χ4v) is 1.33. The van der Waals surface area contributed by atoms with Crippen molar-refractivity contribution < 1.29 is 0 Å². The Morgan fingerprint density at radius 2 is 2.08 bits per heavy atom. The summed E-state index contributed by atoms with van der Waals surface area (Å²) in [6.45, 7) is 5.91. The third kappa shape index (κ3) is 2.22. The lowest BCUT2D eigenvalue weighted by molar-refractivity contribution is 0.961. The van der Waals surface area contributed by atoms with Crippen LogP contribution < -0.4 is 10.6 Å². The summed E-state index contributed by atoms with van der Waals surface area (Å²) in [6.07, 6.45) is 0. The van der Waals surface area contributed by atoms with E-state index in [0.29, 0.717) is 6.54 Å². The van der Waals surface area contributed by atoms with Crippen LogP contribution in [0.5, 0.6) is 0 Å². The quantitative estimate of drug-likeness (QED) is 0.766.